The van der Waals surface area contributed by atoms with E-state index in [0.29, 0.717) is 0 Å². The highest BCUT2D eigenvalue weighted by Gasteiger charge is 2.17. The van der Waals surface area contributed by atoms with Crippen LogP contribution in [0.25, 0.3) is 0 Å². The Morgan fingerprint density at radius 2 is 2.17 bits per heavy atom. The number of rotatable bonds is 3. The number of hydrogen-bond acceptors (Lipinski definition) is 3. The molecule has 3 rings (SSSR count). The molecule has 1 aromatic carbocycles. The molecule has 4 nitrogen and oxygen atoms in total. The Hall–Kier alpha value is -1.81. The van der Waals surface area contributed by atoms with Gasteiger partial charge in [0.05, 0.1) is 6.54 Å². The van der Waals surface area contributed by atoms with Crippen molar-refractivity contribution in [3.05, 3.63) is 47.8 Å². The van der Waals surface area contributed by atoms with E-state index in [4.69, 9.17) is 5.73 Å². The predicted molar refractivity (Wildman–Crippen MR) is 72.1 cm³/mol. The fraction of sp³-hybridized carbons (Fsp3) is 0.357. The lowest BCUT2D eigenvalue weighted by atomic mass is 9.98. The minimum Gasteiger partial charge on any atom is -0.398 e. The molecule has 0 saturated heterocycles. The van der Waals surface area contributed by atoms with E-state index in [9.17, 15) is 0 Å². The van der Waals surface area contributed by atoms with Crippen molar-refractivity contribution in [1.82, 2.24) is 14.7 Å². The van der Waals surface area contributed by atoms with Crippen LogP contribution in [-0.4, -0.2) is 27.8 Å². The van der Waals surface area contributed by atoms with Crippen LogP contribution in [0.3, 0.4) is 0 Å². The van der Waals surface area contributed by atoms with Crippen molar-refractivity contribution in [1.29, 1.82) is 0 Å². The van der Waals surface area contributed by atoms with Crippen molar-refractivity contribution >= 4 is 5.69 Å². The third-order valence-corrected chi connectivity index (χ3v) is 3.59. The van der Waals surface area contributed by atoms with Crippen LogP contribution in [0, 0.1) is 0 Å². The zero-order valence-electron chi connectivity index (χ0n) is 10.4. The smallest absolute Gasteiger partial charge is 0.0536 e. The molecule has 0 aliphatic carbocycles. The number of fused-ring (bicyclic) bond motifs is 1. The summed E-state index contributed by atoms with van der Waals surface area (Å²) in [6.07, 6.45) is 4.93. The van der Waals surface area contributed by atoms with Gasteiger partial charge in [0.1, 0.15) is 0 Å². The summed E-state index contributed by atoms with van der Waals surface area (Å²) in [7, 11) is 0. The molecule has 4 heteroatoms. The first-order valence-electron chi connectivity index (χ1n) is 6.39. The third kappa shape index (κ3) is 2.24. The highest BCUT2D eigenvalue weighted by Crippen LogP contribution is 2.23. The molecule has 94 valence electrons. The minimum absolute atomic E-state index is 0.927. The van der Waals surface area contributed by atoms with Gasteiger partial charge in [0, 0.05) is 37.7 Å². The summed E-state index contributed by atoms with van der Waals surface area (Å²) >= 11 is 0. The predicted octanol–water partition coefficient (Wildman–Crippen LogP) is 1.52. The maximum Gasteiger partial charge on any atom is 0.0536 e. The zero-order valence-corrected chi connectivity index (χ0v) is 10.4. The molecule has 1 aromatic heterocycles. The van der Waals surface area contributed by atoms with Gasteiger partial charge in [-0.3, -0.25) is 9.58 Å². The molecule has 2 aromatic rings. The molecule has 0 bridgehead atoms. The second-order valence-corrected chi connectivity index (χ2v) is 4.78. The Kier molecular flexibility index (Phi) is 3.02. The monoisotopic (exact) mass is 242 g/mol. The molecular weight excluding hydrogens is 224 g/mol. The Balaban J connectivity index is 1.66. The van der Waals surface area contributed by atoms with Crippen LogP contribution < -0.4 is 5.73 Å². The Morgan fingerprint density at radius 3 is 3.00 bits per heavy atom. The molecular formula is C14H18N4. The van der Waals surface area contributed by atoms with Crippen LogP contribution in [0.4, 0.5) is 5.69 Å². The molecule has 1 aliphatic rings. The van der Waals surface area contributed by atoms with Crippen molar-refractivity contribution in [2.45, 2.75) is 19.5 Å². The number of nitrogens with zero attached hydrogens (tertiary/aromatic N) is 3. The van der Waals surface area contributed by atoms with Crippen LogP contribution in [0.2, 0.25) is 0 Å². The van der Waals surface area contributed by atoms with Gasteiger partial charge < -0.3 is 5.73 Å². The van der Waals surface area contributed by atoms with E-state index in [0.717, 1.165) is 38.3 Å². The summed E-state index contributed by atoms with van der Waals surface area (Å²) in [6, 6.07) is 8.20. The fourth-order valence-electron chi connectivity index (χ4n) is 2.53. The van der Waals surface area contributed by atoms with E-state index in [-0.39, 0.29) is 0 Å². The van der Waals surface area contributed by atoms with Crippen molar-refractivity contribution in [2.24, 2.45) is 0 Å². The lowest BCUT2D eigenvalue weighted by Crippen LogP contribution is -2.33. The van der Waals surface area contributed by atoms with Crippen molar-refractivity contribution in [3.63, 3.8) is 0 Å². The molecule has 0 radical (unpaired) electrons. The first kappa shape index (κ1) is 11.3. The van der Waals surface area contributed by atoms with Gasteiger partial charge in [-0.2, -0.15) is 5.10 Å². The Morgan fingerprint density at radius 1 is 1.22 bits per heavy atom. The van der Waals surface area contributed by atoms with Gasteiger partial charge >= 0.3 is 0 Å². The van der Waals surface area contributed by atoms with E-state index in [1.54, 1.807) is 0 Å². The molecule has 1 aliphatic heterocycles. The highest BCUT2D eigenvalue weighted by molar-refractivity contribution is 5.51. The van der Waals surface area contributed by atoms with Gasteiger partial charge in [-0.25, -0.2) is 0 Å². The summed E-state index contributed by atoms with van der Waals surface area (Å²) in [4.78, 5) is 2.44. The Bertz CT molecular complexity index is 519. The SMILES string of the molecule is Nc1cccc2c1CN(CCn1cccn1)CC2. The largest absolute Gasteiger partial charge is 0.398 e. The van der Waals surface area contributed by atoms with Crippen LogP contribution in [0.5, 0.6) is 0 Å². The van der Waals surface area contributed by atoms with E-state index >= 15 is 0 Å². The lowest BCUT2D eigenvalue weighted by Gasteiger charge is -2.29. The number of nitrogen functional groups attached to an aromatic ring is 1. The molecule has 0 saturated carbocycles. The first-order chi connectivity index (χ1) is 8.83. The molecule has 0 atom stereocenters. The van der Waals surface area contributed by atoms with Crippen LogP contribution in [0.15, 0.2) is 36.7 Å². The zero-order chi connectivity index (χ0) is 12.4. The van der Waals surface area contributed by atoms with E-state index in [1.807, 2.05) is 35.3 Å². The third-order valence-electron chi connectivity index (χ3n) is 3.59. The van der Waals surface area contributed by atoms with Crippen LogP contribution in [0.1, 0.15) is 11.1 Å². The second kappa shape index (κ2) is 4.82. The molecule has 0 spiro atoms. The van der Waals surface area contributed by atoms with Crippen molar-refractivity contribution < 1.29 is 0 Å². The molecule has 0 amide bonds. The lowest BCUT2D eigenvalue weighted by molar-refractivity contribution is 0.241. The maximum atomic E-state index is 6.05. The second-order valence-electron chi connectivity index (χ2n) is 4.78. The number of nitrogens with two attached hydrogens (primary N) is 1. The summed E-state index contributed by atoms with van der Waals surface area (Å²) < 4.78 is 1.98. The van der Waals surface area contributed by atoms with Gasteiger partial charge in [0.2, 0.25) is 0 Å². The maximum absolute atomic E-state index is 6.05. The summed E-state index contributed by atoms with van der Waals surface area (Å²) in [5, 5.41) is 4.23. The van der Waals surface area contributed by atoms with Gasteiger partial charge in [0.25, 0.3) is 0 Å². The van der Waals surface area contributed by atoms with Gasteiger partial charge in [-0.05, 0) is 29.7 Å². The summed E-state index contributed by atoms with van der Waals surface area (Å²) in [5.74, 6) is 0. The highest BCUT2D eigenvalue weighted by atomic mass is 15.3. The quantitative estimate of drug-likeness (QED) is 0.830. The Labute approximate surface area is 107 Å². The molecule has 2 N–H and O–H groups in total. The van der Waals surface area contributed by atoms with Gasteiger partial charge in [0.15, 0.2) is 0 Å². The van der Waals surface area contributed by atoms with Crippen LogP contribution in [-0.2, 0) is 19.5 Å². The summed E-state index contributed by atoms with van der Waals surface area (Å²) in [5.41, 5.74) is 9.69. The number of benzene rings is 1. The first-order valence-corrected chi connectivity index (χ1v) is 6.39. The average molecular weight is 242 g/mol. The normalized spacial score (nSPS) is 15.6. The van der Waals surface area contributed by atoms with Crippen LogP contribution >= 0.6 is 0 Å². The topological polar surface area (TPSA) is 47.1 Å². The van der Waals surface area contributed by atoms with E-state index < -0.39 is 0 Å². The van der Waals surface area contributed by atoms with E-state index in [2.05, 4.69) is 16.1 Å². The minimum atomic E-state index is 0.927. The van der Waals surface area contributed by atoms with Crippen molar-refractivity contribution in [2.75, 3.05) is 18.8 Å². The summed E-state index contributed by atoms with van der Waals surface area (Å²) in [6.45, 7) is 4.03. The average Bonchev–Trinajstić information content (AvgIpc) is 2.90. The molecule has 0 unspecified atom stereocenters. The molecule has 2 heterocycles. The number of anilines is 1. The molecule has 18 heavy (non-hydrogen) atoms. The van der Waals surface area contributed by atoms with E-state index in [1.165, 1.54) is 11.1 Å². The standard InChI is InChI=1S/C14H18N4/c15-14-4-1-3-12-5-8-17(11-13(12)14)9-10-18-7-2-6-16-18/h1-4,6-7H,5,8-11,15H2. The number of aromatic nitrogens is 2. The van der Waals surface area contributed by atoms with Gasteiger partial charge in [-0.1, -0.05) is 12.1 Å². The van der Waals surface area contributed by atoms with Gasteiger partial charge in [-0.15, -0.1) is 0 Å². The molecule has 0 fully saturated rings. The van der Waals surface area contributed by atoms with Crippen molar-refractivity contribution in [3.8, 4) is 0 Å². The number of hydrogen-bond donors (Lipinski definition) is 1. The fourth-order valence-corrected chi connectivity index (χ4v) is 2.53.